The lowest BCUT2D eigenvalue weighted by Gasteiger charge is -2.19. The molecule has 1 saturated heterocycles. The summed E-state index contributed by atoms with van der Waals surface area (Å²) in [6.45, 7) is 9.62. The summed E-state index contributed by atoms with van der Waals surface area (Å²) in [6, 6.07) is 3.14. The van der Waals surface area contributed by atoms with Crippen LogP contribution in [0.4, 0.5) is 5.82 Å². The summed E-state index contributed by atoms with van der Waals surface area (Å²) in [7, 11) is 0. The summed E-state index contributed by atoms with van der Waals surface area (Å²) >= 11 is 6.09. The van der Waals surface area contributed by atoms with Crippen LogP contribution in [0.5, 0.6) is 0 Å². The Bertz CT molecular complexity index is 657. The molecule has 0 radical (unpaired) electrons. The molecule has 2 rings (SSSR count). The van der Waals surface area contributed by atoms with E-state index in [1.807, 2.05) is 0 Å². The van der Waals surface area contributed by atoms with E-state index in [2.05, 4.69) is 25.8 Å². The number of carbonyl (C=O) groups is 2. The molecular formula is C19H27ClN2O4. The molecule has 1 amide bonds. The van der Waals surface area contributed by atoms with E-state index in [0.717, 1.165) is 12.8 Å². The van der Waals surface area contributed by atoms with Gasteiger partial charge in [0.25, 0.3) is 5.91 Å². The summed E-state index contributed by atoms with van der Waals surface area (Å²) in [5.74, 6) is -0.216. The van der Waals surface area contributed by atoms with Gasteiger partial charge in [-0.25, -0.2) is 9.78 Å². The molecule has 26 heavy (non-hydrogen) atoms. The highest BCUT2D eigenvalue weighted by molar-refractivity contribution is 6.32. The molecular weight excluding hydrogens is 356 g/mol. The fourth-order valence-corrected chi connectivity index (χ4v) is 3.03. The zero-order valence-corrected chi connectivity index (χ0v) is 16.6. The first-order chi connectivity index (χ1) is 12.2. The Hall–Kier alpha value is -1.66. The standard InChI is InChI=1S/C19H27ClN2O4/c1-5-25-18(24)13-7-8-15(21-16(13)20)22-11-9-14(17(22)23)26-12-6-10-19(2,3)4/h7-8,14H,5-6,9-12H2,1-4H3/t14-/m0/s1. The number of carbonyl (C=O) groups excluding carboxylic acids is 2. The molecule has 1 aromatic heterocycles. The molecule has 1 fully saturated rings. The van der Waals surface area contributed by atoms with Gasteiger partial charge in [0.2, 0.25) is 0 Å². The molecule has 0 aromatic carbocycles. The van der Waals surface area contributed by atoms with Gasteiger partial charge in [-0.15, -0.1) is 0 Å². The van der Waals surface area contributed by atoms with Gasteiger partial charge in [-0.2, -0.15) is 0 Å². The minimum Gasteiger partial charge on any atom is -0.462 e. The number of anilines is 1. The number of rotatable bonds is 7. The van der Waals surface area contributed by atoms with E-state index >= 15 is 0 Å². The SMILES string of the molecule is CCOC(=O)c1ccc(N2CC[C@H](OCCCC(C)(C)C)C2=O)nc1Cl. The Morgan fingerprint density at radius 2 is 2.12 bits per heavy atom. The smallest absolute Gasteiger partial charge is 0.341 e. The van der Waals surface area contributed by atoms with Crippen LogP contribution in [-0.2, 0) is 14.3 Å². The predicted octanol–water partition coefficient (Wildman–Crippen LogP) is 3.86. The summed E-state index contributed by atoms with van der Waals surface area (Å²) in [5, 5.41) is 0.0308. The molecule has 1 atom stereocenters. The average Bonchev–Trinajstić information content (AvgIpc) is 2.91. The zero-order chi connectivity index (χ0) is 19.3. The van der Waals surface area contributed by atoms with Crippen molar-refractivity contribution in [3.63, 3.8) is 0 Å². The first-order valence-corrected chi connectivity index (χ1v) is 9.37. The number of pyridine rings is 1. The average molecular weight is 383 g/mol. The molecule has 0 N–H and O–H groups in total. The number of hydrogen-bond acceptors (Lipinski definition) is 5. The highest BCUT2D eigenvalue weighted by Crippen LogP contribution is 2.26. The minimum atomic E-state index is -0.524. The summed E-state index contributed by atoms with van der Waals surface area (Å²) in [5.41, 5.74) is 0.454. The Balaban J connectivity index is 1.95. The van der Waals surface area contributed by atoms with E-state index in [4.69, 9.17) is 21.1 Å². The van der Waals surface area contributed by atoms with Gasteiger partial charge in [0.1, 0.15) is 17.1 Å². The number of hydrogen-bond donors (Lipinski definition) is 0. The second-order valence-corrected chi connectivity index (χ2v) is 7.89. The second kappa shape index (κ2) is 8.82. The molecule has 0 saturated carbocycles. The second-order valence-electron chi connectivity index (χ2n) is 7.53. The molecule has 7 heteroatoms. The van der Waals surface area contributed by atoms with Crippen LogP contribution in [0.2, 0.25) is 5.15 Å². The van der Waals surface area contributed by atoms with Crippen molar-refractivity contribution in [2.45, 2.75) is 53.1 Å². The van der Waals surface area contributed by atoms with Crippen molar-refractivity contribution in [2.75, 3.05) is 24.7 Å². The molecule has 2 heterocycles. The normalized spacial score (nSPS) is 17.7. The Labute approximate surface area is 159 Å². The number of nitrogens with zero attached hydrogens (tertiary/aromatic N) is 2. The van der Waals surface area contributed by atoms with Gasteiger partial charge in [0, 0.05) is 19.6 Å². The van der Waals surface area contributed by atoms with Crippen LogP contribution in [0.3, 0.4) is 0 Å². The molecule has 1 aliphatic rings. The van der Waals surface area contributed by atoms with Gasteiger partial charge in [0.15, 0.2) is 0 Å². The number of amides is 1. The third-order valence-corrected chi connectivity index (χ3v) is 4.44. The largest absolute Gasteiger partial charge is 0.462 e. The third kappa shape index (κ3) is 5.42. The monoisotopic (exact) mass is 382 g/mol. The maximum absolute atomic E-state index is 12.6. The zero-order valence-electron chi connectivity index (χ0n) is 15.9. The molecule has 0 unspecified atom stereocenters. The highest BCUT2D eigenvalue weighted by Gasteiger charge is 2.34. The van der Waals surface area contributed by atoms with Crippen LogP contribution < -0.4 is 4.90 Å². The summed E-state index contributed by atoms with van der Waals surface area (Å²) < 4.78 is 10.7. The van der Waals surface area contributed by atoms with E-state index in [1.54, 1.807) is 17.9 Å². The van der Waals surface area contributed by atoms with Crippen LogP contribution in [0.25, 0.3) is 0 Å². The quantitative estimate of drug-likeness (QED) is 0.407. The summed E-state index contributed by atoms with van der Waals surface area (Å²) in [6.07, 6.45) is 2.14. The Kier molecular flexibility index (Phi) is 7.01. The number of halogens is 1. The first kappa shape index (κ1) is 20.6. The van der Waals surface area contributed by atoms with Crippen molar-refractivity contribution in [1.29, 1.82) is 0 Å². The topological polar surface area (TPSA) is 68.7 Å². The highest BCUT2D eigenvalue weighted by atomic mass is 35.5. The molecule has 0 spiro atoms. The molecule has 1 aliphatic heterocycles. The summed E-state index contributed by atoms with van der Waals surface area (Å²) in [4.78, 5) is 30.1. The third-order valence-electron chi connectivity index (χ3n) is 4.15. The Morgan fingerprint density at radius 1 is 1.38 bits per heavy atom. The van der Waals surface area contributed by atoms with Crippen molar-refractivity contribution < 1.29 is 19.1 Å². The van der Waals surface area contributed by atoms with Gasteiger partial charge in [0.05, 0.1) is 12.2 Å². The lowest BCUT2D eigenvalue weighted by molar-refractivity contribution is -0.127. The fraction of sp³-hybridized carbons (Fsp3) is 0.632. The molecule has 0 aliphatic carbocycles. The van der Waals surface area contributed by atoms with Crippen molar-refractivity contribution in [3.8, 4) is 0 Å². The predicted molar refractivity (Wildman–Crippen MR) is 101 cm³/mol. The number of ether oxygens (including phenoxy) is 2. The van der Waals surface area contributed by atoms with Crippen LogP contribution in [-0.4, -0.2) is 42.7 Å². The van der Waals surface area contributed by atoms with E-state index in [1.165, 1.54) is 6.07 Å². The Morgan fingerprint density at radius 3 is 2.73 bits per heavy atom. The maximum Gasteiger partial charge on any atom is 0.341 e. The van der Waals surface area contributed by atoms with Gasteiger partial charge >= 0.3 is 5.97 Å². The van der Waals surface area contributed by atoms with Gasteiger partial charge in [-0.3, -0.25) is 9.69 Å². The van der Waals surface area contributed by atoms with E-state index in [0.29, 0.717) is 25.4 Å². The van der Waals surface area contributed by atoms with E-state index < -0.39 is 12.1 Å². The number of esters is 1. The maximum atomic E-state index is 12.6. The van der Waals surface area contributed by atoms with Crippen molar-refractivity contribution in [1.82, 2.24) is 4.98 Å². The lowest BCUT2D eigenvalue weighted by Crippen LogP contribution is -2.31. The lowest BCUT2D eigenvalue weighted by atomic mass is 9.91. The van der Waals surface area contributed by atoms with Crippen molar-refractivity contribution >= 4 is 29.3 Å². The van der Waals surface area contributed by atoms with Crippen molar-refractivity contribution in [3.05, 3.63) is 22.8 Å². The molecule has 144 valence electrons. The van der Waals surface area contributed by atoms with E-state index in [-0.39, 0.29) is 28.6 Å². The van der Waals surface area contributed by atoms with Crippen molar-refractivity contribution in [2.24, 2.45) is 5.41 Å². The van der Waals surface area contributed by atoms with Gasteiger partial charge in [-0.05, 0) is 37.3 Å². The van der Waals surface area contributed by atoms with E-state index in [9.17, 15) is 9.59 Å². The minimum absolute atomic E-state index is 0.0308. The molecule has 0 bridgehead atoms. The van der Waals surface area contributed by atoms with Crippen LogP contribution in [0.1, 0.15) is 57.3 Å². The number of aromatic nitrogens is 1. The first-order valence-electron chi connectivity index (χ1n) is 8.99. The van der Waals surface area contributed by atoms with Gasteiger partial charge in [-0.1, -0.05) is 32.4 Å². The van der Waals surface area contributed by atoms with Crippen LogP contribution >= 0.6 is 11.6 Å². The molecule has 6 nitrogen and oxygen atoms in total. The molecule has 1 aromatic rings. The van der Waals surface area contributed by atoms with Gasteiger partial charge < -0.3 is 9.47 Å². The fourth-order valence-electron chi connectivity index (χ4n) is 2.80. The van der Waals surface area contributed by atoms with Crippen LogP contribution in [0.15, 0.2) is 12.1 Å². The van der Waals surface area contributed by atoms with Crippen LogP contribution in [0, 0.1) is 5.41 Å².